The van der Waals surface area contributed by atoms with E-state index in [0.29, 0.717) is 43.0 Å². The molecule has 0 radical (unpaired) electrons. The second-order valence-corrected chi connectivity index (χ2v) is 7.60. The number of rotatable bonds is 10. The van der Waals surface area contributed by atoms with Crippen LogP contribution in [0, 0.1) is 0 Å². The Morgan fingerprint density at radius 1 is 1.03 bits per heavy atom. The minimum absolute atomic E-state index is 0.185. The molecule has 1 heterocycles. The molecule has 0 atom stereocenters. The number of nitrogens with zero attached hydrogens (tertiary/aromatic N) is 2. The van der Waals surface area contributed by atoms with Crippen molar-refractivity contribution in [3.8, 4) is 5.75 Å². The van der Waals surface area contributed by atoms with Gasteiger partial charge in [-0.25, -0.2) is 0 Å². The Labute approximate surface area is 191 Å². The molecule has 33 heavy (non-hydrogen) atoms. The maximum Gasteiger partial charge on any atom is 0.416 e. The SMILES string of the molecule is COCCCN(Cc1cccn1Cc1cccc(C(F)(F)F)c1)C(=O)c1ccccc1OC. The van der Waals surface area contributed by atoms with Crippen molar-refractivity contribution >= 4 is 5.91 Å². The van der Waals surface area contributed by atoms with Crippen LogP contribution in [0.15, 0.2) is 66.9 Å². The lowest BCUT2D eigenvalue weighted by atomic mass is 10.1. The Kier molecular flexibility index (Phi) is 8.16. The lowest BCUT2D eigenvalue weighted by Gasteiger charge is -2.24. The summed E-state index contributed by atoms with van der Waals surface area (Å²) in [5.74, 6) is 0.300. The number of hydrogen-bond acceptors (Lipinski definition) is 3. The average molecular weight is 460 g/mol. The highest BCUT2D eigenvalue weighted by molar-refractivity contribution is 5.96. The summed E-state index contributed by atoms with van der Waals surface area (Å²) in [4.78, 5) is 15.0. The van der Waals surface area contributed by atoms with Gasteiger partial charge in [-0.2, -0.15) is 13.2 Å². The highest BCUT2D eigenvalue weighted by atomic mass is 19.4. The molecular weight excluding hydrogens is 433 g/mol. The van der Waals surface area contributed by atoms with Crippen LogP contribution in [0.1, 0.15) is 33.6 Å². The van der Waals surface area contributed by atoms with Gasteiger partial charge in [0.15, 0.2) is 0 Å². The van der Waals surface area contributed by atoms with Crippen molar-refractivity contribution in [1.82, 2.24) is 9.47 Å². The first-order valence-electron chi connectivity index (χ1n) is 10.5. The molecule has 8 heteroatoms. The predicted octanol–water partition coefficient (Wildman–Crippen LogP) is 5.24. The van der Waals surface area contributed by atoms with Gasteiger partial charge in [-0.15, -0.1) is 0 Å². The number of hydrogen-bond donors (Lipinski definition) is 0. The van der Waals surface area contributed by atoms with E-state index in [1.807, 2.05) is 16.7 Å². The monoisotopic (exact) mass is 460 g/mol. The fourth-order valence-electron chi connectivity index (χ4n) is 3.63. The van der Waals surface area contributed by atoms with Crippen molar-refractivity contribution in [2.75, 3.05) is 27.4 Å². The van der Waals surface area contributed by atoms with Crippen LogP contribution in [0.2, 0.25) is 0 Å². The Morgan fingerprint density at radius 3 is 2.55 bits per heavy atom. The van der Waals surface area contributed by atoms with E-state index in [-0.39, 0.29) is 12.5 Å². The first kappa shape index (κ1) is 24.4. The number of aromatic nitrogens is 1. The third-order valence-electron chi connectivity index (χ3n) is 5.28. The normalized spacial score (nSPS) is 11.4. The average Bonchev–Trinajstić information content (AvgIpc) is 3.24. The van der Waals surface area contributed by atoms with E-state index in [1.54, 1.807) is 48.5 Å². The quantitative estimate of drug-likeness (QED) is 0.389. The summed E-state index contributed by atoms with van der Waals surface area (Å²) in [6.45, 7) is 1.52. The van der Waals surface area contributed by atoms with Crippen molar-refractivity contribution < 1.29 is 27.4 Å². The summed E-state index contributed by atoms with van der Waals surface area (Å²) in [7, 11) is 3.12. The molecule has 0 saturated heterocycles. The van der Waals surface area contributed by atoms with Gasteiger partial charge < -0.3 is 18.9 Å². The largest absolute Gasteiger partial charge is 0.496 e. The predicted molar refractivity (Wildman–Crippen MR) is 119 cm³/mol. The van der Waals surface area contributed by atoms with Crippen LogP contribution < -0.4 is 4.74 Å². The van der Waals surface area contributed by atoms with Crippen LogP contribution in [0.5, 0.6) is 5.75 Å². The van der Waals surface area contributed by atoms with Crippen LogP contribution in [-0.4, -0.2) is 42.7 Å². The Bertz CT molecular complexity index is 1060. The first-order valence-corrected chi connectivity index (χ1v) is 10.5. The number of benzene rings is 2. The van der Waals surface area contributed by atoms with Crippen molar-refractivity contribution in [3.05, 3.63) is 89.2 Å². The van der Waals surface area contributed by atoms with Crippen LogP contribution in [0.3, 0.4) is 0 Å². The molecule has 0 saturated carbocycles. The summed E-state index contributed by atoms with van der Waals surface area (Å²) in [5.41, 5.74) is 1.12. The molecule has 0 unspecified atom stereocenters. The second kappa shape index (κ2) is 11.0. The van der Waals surface area contributed by atoms with Gasteiger partial charge in [0.1, 0.15) is 5.75 Å². The molecule has 5 nitrogen and oxygen atoms in total. The third-order valence-corrected chi connectivity index (χ3v) is 5.28. The summed E-state index contributed by atoms with van der Waals surface area (Å²) in [6, 6.07) is 16.0. The second-order valence-electron chi connectivity index (χ2n) is 7.60. The van der Waals surface area contributed by atoms with Crippen LogP contribution in [0.25, 0.3) is 0 Å². The van der Waals surface area contributed by atoms with E-state index in [2.05, 4.69) is 0 Å². The molecule has 1 aromatic heterocycles. The minimum Gasteiger partial charge on any atom is -0.496 e. The summed E-state index contributed by atoms with van der Waals surface area (Å²) < 4.78 is 51.6. The van der Waals surface area contributed by atoms with E-state index in [1.165, 1.54) is 13.2 Å². The van der Waals surface area contributed by atoms with Gasteiger partial charge in [0.05, 0.1) is 24.8 Å². The van der Waals surface area contributed by atoms with Gasteiger partial charge in [-0.1, -0.05) is 24.3 Å². The topological polar surface area (TPSA) is 43.7 Å². The minimum atomic E-state index is -4.39. The van der Waals surface area contributed by atoms with Gasteiger partial charge in [0.25, 0.3) is 5.91 Å². The number of halogens is 3. The van der Waals surface area contributed by atoms with Gasteiger partial charge in [0.2, 0.25) is 0 Å². The van der Waals surface area contributed by atoms with E-state index in [9.17, 15) is 18.0 Å². The molecule has 0 bridgehead atoms. The van der Waals surface area contributed by atoms with E-state index in [0.717, 1.165) is 17.8 Å². The van der Waals surface area contributed by atoms with Crippen LogP contribution >= 0.6 is 0 Å². The number of carbonyl (C=O) groups is 1. The Morgan fingerprint density at radius 2 is 1.82 bits per heavy atom. The molecular formula is C25H27F3N2O3. The molecule has 0 aliphatic heterocycles. The molecule has 0 spiro atoms. The Hall–Kier alpha value is -3.26. The lowest BCUT2D eigenvalue weighted by molar-refractivity contribution is -0.137. The summed E-state index contributed by atoms with van der Waals surface area (Å²) in [6.07, 6.45) is -1.95. The standard InChI is InChI=1S/C25H27F3N2O3/c1-32-15-7-14-30(24(31)22-11-3-4-12-23(22)33-2)18-21-10-6-13-29(21)17-19-8-5-9-20(16-19)25(26,27)28/h3-6,8-13,16H,7,14-15,17-18H2,1-2H3. The molecule has 0 aliphatic carbocycles. The first-order chi connectivity index (χ1) is 15.8. The fraction of sp³-hybridized carbons (Fsp3) is 0.320. The highest BCUT2D eigenvalue weighted by Gasteiger charge is 2.30. The number of carbonyl (C=O) groups excluding carboxylic acids is 1. The van der Waals surface area contributed by atoms with Gasteiger partial charge in [0, 0.05) is 38.7 Å². The van der Waals surface area contributed by atoms with E-state index < -0.39 is 11.7 Å². The molecule has 0 fully saturated rings. The molecule has 176 valence electrons. The number of methoxy groups -OCH3 is 2. The molecule has 2 aromatic carbocycles. The number of ether oxygens (including phenoxy) is 2. The molecule has 1 amide bonds. The van der Waals surface area contributed by atoms with Crippen molar-refractivity contribution in [3.63, 3.8) is 0 Å². The zero-order valence-corrected chi connectivity index (χ0v) is 18.6. The molecule has 0 N–H and O–H groups in total. The van der Waals surface area contributed by atoms with Crippen LogP contribution in [-0.2, 0) is 24.0 Å². The van der Waals surface area contributed by atoms with Gasteiger partial charge >= 0.3 is 6.18 Å². The number of para-hydroxylation sites is 1. The fourth-order valence-corrected chi connectivity index (χ4v) is 3.63. The van der Waals surface area contributed by atoms with Crippen molar-refractivity contribution in [2.24, 2.45) is 0 Å². The van der Waals surface area contributed by atoms with E-state index in [4.69, 9.17) is 9.47 Å². The van der Waals surface area contributed by atoms with Crippen LogP contribution in [0.4, 0.5) is 13.2 Å². The smallest absolute Gasteiger partial charge is 0.416 e. The molecule has 3 aromatic rings. The third kappa shape index (κ3) is 6.38. The summed E-state index contributed by atoms with van der Waals surface area (Å²) in [5, 5.41) is 0. The maximum absolute atomic E-state index is 13.3. The zero-order valence-electron chi connectivity index (χ0n) is 18.6. The number of amides is 1. The van der Waals surface area contributed by atoms with Gasteiger partial charge in [-0.05, 0) is 48.4 Å². The Balaban J connectivity index is 1.83. The molecule has 0 aliphatic rings. The summed E-state index contributed by atoms with van der Waals surface area (Å²) >= 11 is 0. The molecule has 3 rings (SSSR count). The zero-order chi connectivity index (χ0) is 23.8. The van der Waals surface area contributed by atoms with Crippen molar-refractivity contribution in [2.45, 2.75) is 25.7 Å². The maximum atomic E-state index is 13.3. The van der Waals surface area contributed by atoms with Gasteiger partial charge in [-0.3, -0.25) is 4.79 Å². The van der Waals surface area contributed by atoms with E-state index >= 15 is 0 Å². The van der Waals surface area contributed by atoms with Crippen molar-refractivity contribution in [1.29, 1.82) is 0 Å². The lowest BCUT2D eigenvalue weighted by Crippen LogP contribution is -2.33. The number of alkyl halides is 3. The highest BCUT2D eigenvalue weighted by Crippen LogP contribution is 2.30.